The third-order valence-corrected chi connectivity index (χ3v) is 6.15. The summed E-state index contributed by atoms with van der Waals surface area (Å²) < 4.78 is 20.7. The van der Waals surface area contributed by atoms with E-state index in [2.05, 4.69) is 4.98 Å². The Labute approximate surface area is 204 Å². The largest absolute Gasteiger partial charge is 0.457 e. The molecule has 0 N–H and O–H groups in total. The number of carbonyl (C=O) groups is 1. The fraction of sp³-hybridized carbons (Fsp3) is 0.0385. The first-order chi connectivity index (χ1) is 16.5. The second-order valence-electron chi connectivity index (χ2n) is 7.51. The normalized spacial score (nSPS) is 11.0. The van der Waals surface area contributed by atoms with E-state index in [1.807, 2.05) is 24.3 Å². The van der Waals surface area contributed by atoms with Crippen molar-refractivity contribution in [2.24, 2.45) is 0 Å². The second-order valence-corrected chi connectivity index (χ2v) is 8.29. The Kier molecular flexibility index (Phi) is 6.01. The number of esters is 1. The van der Waals surface area contributed by atoms with Crippen LogP contribution in [0.1, 0.15) is 15.9 Å². The number of nitrogens with zero attached hydrogens (tertiary/aromatic N) is 3. The van der Waals surface area contributed by atoms with E-state index in [1.165, 1.54) is 12.1 Å². The SMILES string of the molecule is O=C(OCc1ccn2nc(-c3ccc(F)cc3)c(-c3ccncc3)c2c1)c1cccc(Cl)c1Cl. The van der Waals surface area contributed by atoms with Crippen LogP contribution in [0.5, 0.6) is 0 Å². The molecular weight excluding hydrogens is 476 g/mol. The average Bonchev–Trinajstić information content (AvgIpc) is 3.24. The maximum Gasteiger partial charge on any atom is 0.340 e. The first-order valence-corrected chi connectivity index (χ1v) is 11.1. The number of aromatic nitrogens is 3. The summed E-state index contributed by atoms with van der Waals surface area (Å²) in [7, 11) is 0. The van der Waals surface area contributed by atoms with E-state index in [1.54, 1.807) is 53.4 Å². The number of halogens is 3. The van der Waals surface area contributed by atoms with Gasteiger partial charge in [-0.1, -0.05) is 29.3 Å². The second kappa shape index (κ2) is 9.25. The van der Waals surface area contributed by atoms with E-state index in [0.717, 1.165) is 27.8 Å². The van der Waals surface area contributed by atoms with Gasteiger partial charge in [0, 0.05) is 29.7 Å². The lowest BCUT2D eigenvalue weighted by molar-refractivity contribution is 0.0473. The lowest BCUT2D eigenvalue weighted by Gasteiger charge is -2.08. The number of fused-ring (bicyclic) bond motifs is 1. The molecule has 0 aliphatic heterocycles. The smallest absolute Gasteiger partial charge is 0.340 e. The van der Waals surface area contributed by atoms with Gasteiger partial charge in [0.25, 0.3) is 0 Å². The molecule has 0 fully saturated rings. The van der Waals surface area contributed by atoms with E-state index < -0.39 is 5.97 Å². The molecule has 0 aliphatic carbocycles. The molecule has 0 saturated heterocycles. The van der Waals surface area contributed by atoms with Gasteiger partial charge in [-0.2, -0.15) is 5.10 Å². The molecule has 2 aromatic carbocycles. The van der Waals surface area contributed by atoms with Gasteiger partial charge in [0.1, 0.15) is 18.1 Å². The van der Waals surface area contributed by atoms with Crippen LogP contribution in [0.4, 0.5) is 4.39 Å². The summed E-state index contributed by atoms with van der Waals surface area (Å²) in [5.41, 5.74) is 5.02. The lowest BCUT2D eigenvalue weighted by atomic mass is 10.00. The summed E-state index contributed by atoms with van der Waals surface area (Å²) in [5.74, 6) is -0.885. The summed E-state index contributed by atoms with van der Waals surface area (Å²) in [6.45, 7) is 0.0328. The standard InChI is InChI=1S/C26H16Cl2FN3O2/c27-21-3-1-2-20(24(21)28)26(33)34-15-16-10-13-32-22(14-16)23(17-8-11-30-12-9-17)25(31-32)18-4-6-19(29)7-5-18/h1-14H,15H2. The van der Waals surface area contributed by atoms with Gasteiger partial charge in [-0.15, -0.1) is 0 Å². The highest BCUT2D eigenvalue weighted by Gasteiger charge is 2.18. The summed E-state index contributed by atoms with van der Waals surface area (Å²) in [6, 6.07) is 18.5. The van der Waals surface area contributed by atoms with Crippen LogP contribution in [0.25, 0.3) is 27.9 Å². The molecule has 5 nitrogen and oxygen atoms in total. The van der Waals surface area contributed by atoms with Crippen molar-refractivity contribution in [3.63, 3.8) is 0 Å². The molecule has 3 aromatic heterocycles. The molecule has 0 atom stereocenters. The van der Waals surface area contributed by atoms with Crippen molar-refractivity contribution in [3.05, 3.63) is 112 Å². The van der Waals surface area contributed by atoms with Gasteiger partial charge >= 0.3 is 5.97 Å². The third kappa shape index (κ3) is 4.25. The van der Waals surface area contributed by atoms with Crippen molar-refractivity contribution in [2.45, 2.75) is 6.61 Å². The van der Waals surface area contributed by atoms with Crippen LogP contribution in [-0.2, 0) is 11.3 Å². The molecule has 8 heteroatoms. The van der Waals surface area contributed by atoms with Crippen LogP contribution >= 0.6 is 23.2 Å². The molecule has 0 radical (unpaired) electrons. The number of pyridine rings is 2. The third-order valence-electron chi connectivity index (χ3n) is 5.33. The fourth-order valence-corrected chi connectivity index (χ4v) is 4.06. The van der Waals surface area contributed by atoms with Crippen molar-refractivity contribution >= 4 is 34.7 Å². The number of hydrogen-bond donors (Lipinski definition) is 0. The summed E-state index contributed by atoms with van der Waals surface area (Å²) in [4.78, 5) is 16.6. The van der Waals surface area contributed by atoms with Crippen molar-refractivity contribution in [1.29, 1.82) is 0 Å². The minimum Gasteiger partial charge on any atom is -0.457 e. The Morgan fingerprint density at radius 1 is 0.971 bits per heavy atom. The molecule has 34 heavy (non-hydrogen) atoms. The average molecular weight is 492 g/mol. The number of rotatable bonds is 5. The van der Waals surface area contributed by atoms with Crippen LogP contribution in [0.15, 0.2) is 85.3 Å². The van der Waals surface area contributed by atoms with Gasteiger partial charge in [-0.05, 0) is 71.8 Å². The molecule has 0 aliphatic rings. The molecule has 0 unspecified atom stereocenters. The zero-order chi connectivity index (χ0) is 23.7. The topological polar surface area (TPSA) is 56.5 Å². The van der Waals surface area contributed by atoms with Gasteiger partial charge in [-0.3, -0.25) is 4.98 Å². The van der Waals surface area contributed by atoms with E-state index in [0.29, 0.717) is 5.69 Å². The Morgan fingerprint density at radius 2 is 1.74 bits per heavy atom. The summed E-state index contributed by atoms with van der Waals surface area (Å²) in [5, 5.41) is 5.17. The van der Waals surface area contributed by atoms with Gasteiger partial charge < -0.3 is 4.74 Å². The van der Waals surface area contributed by atoms with Crippen molar-refractivity contribution in [1.82, 2.24) is 14.6 Å². The molecule has 0 amide bonds. The molecule has 5 rings (SSSR count). The molecule has 5 aromatic rings. The Morgan fingerprint density at radius 3 is 2.50 bits per heavy atom. The Bertz CT molecular complexity index is 1500. The first-order valence-electron chi connectivity index (χ1n) is 10.3. The first kappa shape index (κ1) is 22.1. The van der Waals surface area contributed by atoms with Gasteiger partial charge in [0.15, 0.2) is 0 Å². The van der Waals surface area contributed by atoms with E-state index >= 15 is 0 Å². The van der Waals surface area contributed by atoms with Crippen LogP contribution in [-0.4, -0.2) is 20.6 Å². The highest BCUT2D eigenvalue weighted by atomic mass is 35.5. The number of hydrogen-bond acceptors (Lipinski definition) is 4. The van der Waals surface area contributed by atoms with Crippen molar-refractivity contribution < 1.29 is 13.9 Å². The Balaban J connectivity index is 1.53. The quantitative estimate of drug-likeness (QED) is 0.252. The molecule has 0 spiro atoms. The maximum atomic E-state index is 13.5. The van der Waals surface area contributed by atoms with Gasteiger partial charge in [0.2, 0.25) is 0 Å². The van der Waals surface area contributed by atoms with Crippen molar-refractivity contribution in [3.8, 4) is 22.4 Å². The predicted octanol–water partition coefficient (Wildman–Crippen LogP) is 6.87. The summed E-state index contributed by atoms with van der Waals surface area (Å²) >= 11 is 12.1. The van der Waals surface area contributed by atoms with Crippen LogP contribution in [0.3, 0.4) is 0 Å². The highest BCUT2D eigenvalue weighted by molar-refractivity contribution is 6.43. The maximum absolute atomic E-state index is 13.5. The van der Waals surface area contributed by atoms with E-state index in [-0.39, 0.29) is 28.0 Å². The number of ether oxygens (including phenoxy) is 1. The number of carbonyl (C=O) groups excluding carboxylic acids is 1. The van der Waals surface area contributed by atoms with E-state index in [4.69, 9.17) is 33.0 Å². The van der Waals surface area contributed by atoms with Crippen molar-refractivity contribution in [2.75, 3.05) is 0 Å². The molecule has 168 valence electrons. The van der Waals surface area contributed by atoms with Crippen LogP contribution < -0.4 is 0 Å². The summed E-state index contributed by atoms with van der Waals surface area (Å²) in [6.07, 6.45) is 5.20. The molecule has 3 heterocycles. The molecule has 0 bridgehead atoms. The van der Waals surface area contributed by atoms with Gasteiger partial charge in [0.05, 0.1) is 21.1 Å². The Hall–Kier alpha value is -3.74. The minimum absolute atomic E-state index is 0.0328. The number of benzene rings is 2. The monoisotopic (exact) mass is 491 g/mol. The fourth-order valence-electron chi connectivity index (χ4n) is 3.68. The lowest BCUT2D eigenvalue weighted by Crippen LogP contribution is -2.06. The molecular formula is C26H16Cl2FN3O2. The zero-order valence-corrected chi connectivity index (χ0v) is 19.1. The predicted molar refractivity (Wildman–Crippen MR) is 129 cm³/mol. The molecule has 0 saturated carbocycles. The van der Waals surface area contributed by atoms with Crippen LogP contribution in [0, 0.1) is 5.82 Å². The zero-order valence-electron chi connectivity index (χ0n) is 17.6. The van der Waals surface area contributed by atoms with Crippen LogP contribution in [0.2, 0.25) is 10.0 Å². The highest BCUT2D eigenvalue weighted by Crippen LogP contribution is 2.35. The van der Waals surface area contributed by atoms with Gasteiger partial charge in [-0.25, -0.2) is 13.7 Å². The van der Waals surface area contributed by atoms with E-state index in [9.17, 15) is 9.18 Å². The minimum atomic E-state index is -0.567.